The number of primary amides is 1. The average Bonchev–Trinajstić information content (AvgIpc) is 3.17. The Morgan fingerprint density at radius 2 is 2.16 bits per heavy atom. The van der Waals surface area contributed by atoms with Crippen LogP contribution in [0.3, 0.4) is 0 Å². The van der Waals surface area contributed by atoms with Crippen LogP contribution in [-0.4, -0.2) is 76.7 Å². The van der Waals surface area contributed by atoms with Gasteiger partial charge < -0.3 is 21.3 Å². The van der Waals surface area contributed by atoms with Gasteiger partial charge in [0.1, 0.15) is 12.1 Å². The molecule has 1 aromatic heterocycles. The van der Waals surface area contributed by atoms with Crippen LogP contribution in [0.4, 0.5) is 9.59 Å². The SMILES string of the molecule is CN/C(=N\OC(=O)NCCC(N)=O)[C@@H]1c2c(cnn2C)[C@H]2CN1C(=O)N2OS(=O)(=O)O. The second-order valence-electron chi connectivity index (χ2n) is 6.54. The molecule has 2 aliphatic heterocycles. The van der Waals surface area contributed by atoms with Crippen molar-refractivity contribution in [1.29, 1.82) is 0 Å². The van der Waals surface area contributed by atoms with Gasteiger partial charge in [-0.15, -0.1) is 4.28 Å². The number of urea groups is 1. The number of hydrogen-bond acceptors (Lipinski definition) is 9. The molecule has 16 nitrogen and oxygen atoms in total. The second kappa shape index (κ2) is 8.36. The van der Waals surface area contributed by atoms with Crippen LogP contribution in [0.1, 0.15) is 29.8 Å². The van der Waals surface area contributed by atoms with E-state index in [9.17, 15) is 22.8 Å². The maximum Gasteiger partial charge on any atom is 0.433 e. The van der Waals surface area contributed by atoms with Crippen LogP contribution in [0.25, 0.3) is 0 Å². The predicted molar refractivity (Wildman–Crippen MR) is 100 cm³/mol. The molecule has 5 N–H and O–H groups in total. The van der Waals surface area contributed by atoms with E-state index in [4.69, 9.17) is 15.1 Å². The number of fused-ring (bicyclic) bond motifs is 4. The van der Waals surface area contributed by atoms with E-state index in [1.54, 1.807) is 7.05 Å². The molecule has 31 heavy (non-hydrogen) atoms. The molecule has 0 saturated carbocycles. The van der Waals surface area contributed by atoms with Crippen LogP contribution in [0.5, 0.6) is 0 Å². The number of oxime groups is 1. The van der Waals surface area contributed by atoms with Gasteiger partial charge in [0.15, 0.2) is 5.84 Å². The van der Waals surface area contributed by atoms with Gasteiger partial charge in [-0.05, 0) is 0 Å². The number of amides is 4. The summed E-state index contributed by atoms with van der Waals surface area (Å²) in [4.78, 5) is 41.3. The van der Waals surface area contributed by atoms with E-state index in [1.807, 2.05) is 0 Å². The summed E-state index contributed by atoms with van der Waals surface area (Å²) >= 11 is 0. The van der Waals surface area contributed by atoms with Crippen molar-refractivity contribution in [3.05, 3.63) is 17.5 Å². The van der Waals surface area contributed by atoms with Gasteiger partial charge in [-0.25, -0.2) is 9.59 Å². The van der Waals surface area contributed by atoms with E-state index in [1.165, 1.54) is 22.8 Å². The van der Waals surface area contributed by atoms with Gasteiger partial charge >= 0.3 is 22.5 Å². The largest absolute Gasteiger partial charge is 0.433 e. The average molecular weight is 460 g/mol. The maximum absolute atomic E-state index is 12.8. The molecule has 1 saturated heterocycles. The normalized spacial score (nSPS) is 20.5. The lowest BCUT2D eigenvalue weighted by Crippen LogP contribution is -2.44. The predicted octanol–water partition coefficient (Wildman–Crippen LogP) is -1.88. The Morgan fingerprint density at radius 3 is 2.77 bits per heavy atom. The fourth-order valence-electron chi connectivity index (χ4n) is 3.35. The number of nitrogens with zero attached hydrogens (tertiary/aromatic N) is 5. The molecule has 0 radical (unpaired) electrons. The Kier molecular flexibility index (Phi) is 6.00. The summed E-state index contributed by atoms with van der Waals surface area (Å²) in [6.45, 7) is -0.0642. The molecule has 2 atom stereocenters. The van der Waals surface area contributed by atoms with Crippen LogP contribution < -0.4 is 16.4 Å². The van der Waals surface area contributed by atoms with Crippen molar-refractivity contribution in [2.45, 2.75) is 18.5 Å². The fraction of sp³-hybridized carbons (Fsp3) is 0.500. The minimum Gasteiger partial charge on any atom is -0.372 e. The molecule has 1 fully saturated rings. The van der Waals surface area contributed by atoms with Crippen LogP contribution in [0.2, 0.25) is 0 Å². The highest BCUT2D eigenvalue weighted by Crippen LogP contribution is 2.44. The highest BCUT2D eigenvalue weighted by Gasteiger charge is 2.53. The number of likely N-dealkylation sites (N-methyl/N-ethyl adjacent to an activating group) is 1. The number of aryl methyl sites for hydroxylation is 1. The molecular weight excluding hydrogens is 440 g/mol. The number of carbonyl (C=O) groups is 3. The fourth-order valence-corrected chi connectivity index (χ4v) is 3.72. The van der Waals surface area contributed by atoms with E-state index in [2.05, 4.69) is 25.2 Å². The molecule has 0 aromatic carbocycles. The highest BCUT2D eigenvalue weighted by molar-refractivity contribution is 7.80. The molecular formula is C14H20N8O8S. The van der Waals surface area contributed by atoms with Crippen molar-refractivity contribution in [3.63, 3.8) is 0 Å². The molecule has 2 bridgehead atoms. The van der Waals surface area contributed by atoms with E-state index in [0.29, 0.717) is 16.3 Å². The summed E-state index contributed by atoms with van der Waals surface area (Å²) < 4.78 is 37.3. The first kappa shape index (κ1) is 22.2. The number of aromatic nitrogens is 2. The molecule has 17 heteroatoms. The minimum absolute atomic E-state index is 0.0107. The number of nitrogens with two attached hydrogens (primary N) is 1. The first-order chi connectivity index (χ1) is 14.5. The Bertz CT molecular complexity index is 1040. The lowest BCUT2D eigenvalue weighted by Gasteiger charge is -2.31. The number of carbonyl (C=O) groups excluding carboxylic acids is 3. The van der Waals surface area contributed by atoms with Crippen LogP contribution >= 0.6 is 0 Å². The van der Waals surface area contributed by atoms with Gasteiger partial charge in [-0.2, -0.15) is 18.6 Å². The van der Waals surface area contributed by atoms with Crippen molar-refractivity contribution in [3.8, 4) is 0 Å². The first-order valence-corrected chi connectivity index (χ1v) is 10.2. The summed E-state index contributed by atoms with van der Waals surface area (Å²) in [5.41, 5.74) is 5.89. The smallest absolute Gasteiger partial charge is 0.372 e. The molecule has 2 aliphatic rings. The molecule has 0 unspecified atom stereocenters. The summed E-state index contributed by atoms with van der Waals surface area (Å²) in [5, 5.41) is 13.4. The van der Waals surface area contributed by atoms with Crippen LogP contribution in [-0.2, 0) is 31.4 Å². The third-order valence-electron chi connectivity index (χ3n) is 4.59. The van der Waals surface area contributed by atoms with Crippen molar-refractivity contribution in [2.75, 3.05) is 20.1 Å². The molecule has 170 valence electrons. The first-order valence-electron chi connectivity index (χ1n) is 8.81. The monoisotopic (exact) mass is 460 g/mol. The topological polar surface area (TPSA) is 211 Å². The molecule has 3 heterocycles. The summed E-state index contributed by atoms with van der Waals surface area (Å²) in [6, 6.07) is -2.66. The van der Waals surface area contributed by atoms with Crippen LogP contribution in [0.15, 0.2) is 11.4 Å². The second-order valence-corrected chi connectivity index (χ2v) is 7.54. The Morgan fingerprint density at radius 1 is 1.45 bits per heavy atom. The molecule has 1 aromatic rings. The lowest BCUT2D eigenvalue weighted by atomic mass is 9.97. The van der Waals surface area contributed by atoms with Crippen molar-refractivity contribution >= 4 is 34.3 Å². The van der Waals surface area contributed by atoms with Gasteiger partial charge in [0.05, 0.1) is 18.4 Å². The van der Waals surface area contributed by atoms with Gasteiger partial charge in [0.25, 0.3) is 0 Å². The third kappa shape index (κ3) is 4.52. The van der Waals surface area contributed by atoms with E-state index < -0.39 is 40.5 Å². The maximum atomic E-state index is 12.8. The van der Waals surface area contributed by atoms with Crippen LogP contribution in [0, 0.1) is 0 Å². The zero-order valence-electron chi connectivity index (χ0n) is 16.4. The van der Waals surface area contributed by atoms with Crippen molar-refractivity contribution < 1.29 is 36.5 Å². The standard InChI is InChI=1S/C14H20N8O8S/c1-16-12(19-29-13(24)17-4-3-9(15)23)11-10-7(5-18-20(10)2)8-6-21(11)14(25)22(8)30-31(26,27)28/h5,8,11H,3-4,6H2,1-2H3,(H2,15,23)(H,16,19)(H,17,24)(H,26,27,28)/t8-,11+/m1/s1. The molecule has 0 aliphatic carbocycles. The van der Waals surface area contributed by atoms with Gasteiger partial charge in [0, 0.05) is 32.6 Å². The van der Waals surface area contributed by atoms with E-state index in [0.717, 1.165) is 0 Å². The van der Waals surface area contributed by atoms with Gasteiger partial charge in [-0.3, -0.25) is 18.9 Å². The Balaban J connectivity index is 1.88. The number of amidine groups is 1. The summed E-state index contributed by atoms with van der Waals surface area (Å²) in [7, 11) is -1.89. The number of nitrogens with one attached hydrogen (secondary N) is 2. The zero-order valence-corrected chi connectivity index (χ0v) is 17.2. The lowest BCUT2D eigenvalue weighted by molar-refractivity contribution is -0.117. The minimum atomic E-state index is -4.96. The Labute approximate surface area is 175 Å². The number of rotatable bonds is 7. The number of hydroxylamine groups is 2. The zero-order chi connectivity index (χ0) is 22.9. The summed E-state index contributed by atoms with van der Waals surface area (Å²) in [6.07, 6.45) is 0.372. The molecule has 3 rings (SSSR count). The quantitative estimate of drug-likeness (QED) is 0.117. The molecule has 0 spiro atoms. The highest BCUT2D eigenvalue weighted by atomic mass is 32.3. The molecule has 4 amide bonds. The summed E-state index contributed by atoms with van der Waals surface area (Å²) in [5.74, 6) is -0.583. The Hall–Kier alpha value is -3.44. The van der Waals surface area contributed by atoms with Gasteiger partial charge in [0.2, 0.25) is 5.91 Å². The van der Waals surface area contributed by atoms with Gasteiger partial charge in [-0.1, -0.05) is 5.16 Å². The van der Waals surface area contributed by atoms with Crippen molar-refractivity contribution in [1.82, 2.24) is 30.4 Å². The number of hydrogen-bond donors (Lipinski definition) is 4. The van der Waals surface area contributed by atoms with E-state index >= 15 is 0 Å². The van der Waals surface area contributed by atoms with Crippen molar-refractivity contribution in [2.24, 2.45) is 17.9 Å². The van der Waals surface area contributed by atoms with E-state index in [-0.39, 0.29) is 25.3 Å². The third-order valence-corrected chi connectivity index (χ3v) is 4.94.